The molecule has 4 rings (SSSR count). The number of hydrogen-bond acceptors (Lipinski definition) is 7. The van der Waals surface area contributed by atoms with Crippen LogP contribution in [0.1, 0.15) is 49.7 Å². The van der Waals surface area contributed by atoms with E-state index in [2.05, 4.69) is 5.32 Å². The topological polar surface area (TPSA) is 83.1 Å². The number of ketones is 1. The third kappa shape index (κ3) is 5.54. The van der Waals surface area contributed by atoms with Crippen molar-refractivity contribution in [3.8, 4) is 11.5 Å². The predicted octanol–water partition coefficient (Wildman–Crippen LogP) is 4.78. The van der Waals surface area contributed by atoms with Crippen LogP contribution >= 0.6 is 0 Å². The quantitative estimate of drug-likeness (QED) is 0.385. The number of carbonyl (C=O) groups excluding carboxylic acids is 2. The molecule has 1 aliphatic heterocycles. The van der Waals surface area contributed by atoms with Gasteiger partial charge in [0.1, 0.15) is 12.4 Å². The van der Waals surface area contributed by atoms with Crippen LogP contribution in [0.4, 0.5) is 4.39 Å². The van der Waals surface area contributed by atoms with E-state index in [4.69, 9.17) is 18.9 Å². The second-order valence-corrected chi connectivity index (χ2v) is 9.02. The molecule has 1 heterocycles. The van der Waals surface area contributed by atoms with Crippen LogP contribution in [0.3, 0.4) is 0 Å². The summed E-state index contributed by atoms with van der Waals surface area (Å²) in [5.41, 5.74) is 3.57. The number of carbonyl (C=O) groups is 2. The Balaban J connectivity index is 1.71. The molecule has 1 aliphatic carbocycles. The van der Waals surface area contributed by atoms with E-state index >= 15 is 0 Å². The minimum absolute atomic E-state index is 0.0839. The first-order valence-corrected chi connectivity index (χ1v) is 12.3. The van der Waals surface area contributed by atoms with Gasteiger partial charge in [-0.1, -0.05) is 18.2 Å². The van der Waals surface area contributed by atoms with Crippen LogP contribution in [-0.2, 0) is 19.1 Å². The fraction of sp³-hybridized carbons (Fsp3) is 0.379. The van der Waals surface area contributed by atoms with Gasteiger partial charge in [0.2, 0.25) is 0 Å². The monoisotopic (exact) mass is 509 g/mol. The van der Waals surface area contributed by atoms with Crippen LogP contribution in [0.5, 0.6) is 11.5 Å². The number of methoxy groups -OCH3 is 2. The molecule has 0 bridgehead atoms. The third-order valence-corrected chi connectivity index (χ3v) is 6.77. The Labute approximate surface area is 216 Å². The molecule has 2 aromatic carbocycles. The number of halogens is 1. The molecule has 7 nitrogen and oxygen atoms in total. The minimum atomic E-state index is -0.731. The van der Waals surface area contributed by atoms with Crippen LogP contribution in [0, 0.1) is 5.82 Å². The first kappa shape index (κ1) is 26.4. The lowest BCUT2D eigenvalue weighted by Gasteiger charge is -2.36. The maximum atomic E-state index is 14.3. The molecular weight excluding hydrogens is 477 g/mol. The maximum Gasteiger partial charge on any atom is 0.336 e. The number of esters is 1. The third-order valence-electron chi connectivity index (χ3n) is 6.77. The van der Waals surface area contributed by atoms with Gasteiger partial charge in [0.05, 0.1) is 26.4 Å². The highest BCUT2D eigenvalue weighted by Crippen LogP contribution is 2.46. The Morgan fingerprint density at radius 3 is 2.51 bits per heavy atom. The van der Waals surface area contributed by atoms with Gasteiger partial charge in [-0.15, -0.1) is 0 Å². The van der Waals surface area contributed by atoms with E-state index in [9.17, 15) is 14.0 Å². The number of hydrogen-bond donors (Lipinski definition) is 1. The first-order valence-electron chi connectivity index (χ1n) is 12.3. The normalized spacial score (nSPS) is 19.3. The summed E-state index contributed by atoms with van der Waals surface area (Å²) in [6.45, 7) is 4.50. The molecule has 2 atom stereocenters. The van der Waals surface area contributed by atoms with Gasteiger partial charge in [0.15, 0.2) is 17.3 Å². The average Bonchev–Trinajstić information content (AvgIpc) is 2.89. The van der Waals surface area contributed by atoms with Crippen LogP contribution in [0.15, 0.2) is 65.0 Å². The van der Waals surface area contributed by atoms with E-state index in [1.807, 2.05) is 25.1 Å². The SMILES string of the molecule is CCOCCOC(=O)C1=C(C)NC2=C(C(=O)C[C@H](c3ccc(OC)c(OC)c3)C2)[C@@H]1c1cccc(F)c1. The minimum Gasteiger partial charge on any atom is -0.493 e. The Kier molecular flexibility index (Phi) is 8.28. The van der Waals surface area contributed by atoms with Crippen LogP contribution in [-0.4, -0.2) is 45.8 Å². The van der Waals surface area contributed by atoms with Gasteiger partial charge in [0.25, 0.3) is 0 Å². The average molecular weight is 510 g/mol. The highest BCUT2D eigenvalue weighted by atomic mass is 19.1. The summed E-state index contributed by atoms with van der Waals surface area (Å²) < 4.78 is 35.8. The fourth-order valence-corrected chi connectivity index (χ4v) is 5.09. The highest BCUT2D eigenvalue weighted by molar-refractivity contribution is 6.04. The molecule has 8 heteroatoms. The van der Waals surface area contributed by atoms with Crippen molar-refractivity contribution >= 4 is 11.8 Å². The molecule has 0 saturated carbocycles. The van der Waals surface area contributed by atoms with Crippen molar-refractivity contribution in [2.24, 2.45) is 0 Å². The van der Waals surface area contributed by atoms with Crippen molar-refractivity contribution in [2.75, 3.05) is 34.0 Å². The van der Waals surface area contributed by atoms with Gasteiger partial charge in [-0.25, -0.2) is 9.18 Å². The lowest BCUT2D eigenvalue weighted by molar-refractivity contribution is -0.140. The number of dihydropyridines is 1. The molecule has 0 unspecified atom stereocenters. The standard InChI is InChI=1S/C29H32FNO6/c1-5-36-11-12-37-29(33)26-17(2)31-22-14-20(18-9-10-24(34-3)25(16-18)35-4)15-23(32)28(22)27(26)19-7-6-8-21(30)13-19/h6-10,13,16,20,27,31H,5,11-12,14-15H2,1-4H3/t20-,27-/m1/s1. The van der Waals surface area contributed by atoms with Crippen molar-refractivity contribution in [3.05, 3.63) is 81.9 Å². The van der Waals surface area contributed by atoms with E-state index in [0.717, 1.165) is 11.3 Å². The molecule has 1 N–H and O–H groups in total. The Hall–Kier alpha value is -3.65. The molecule has 0 amide bonds. The van der Waals surface area contributed by atoms with Crippen LogP contribution in [0.25, 0.3) is 0 Å². The molecule has 0 spiro atoms. The van der Waals surface area contributed by atoms with Crippen molar-refractivity contribution in [2.45, 2.75) is 38.5 Å². The van der Waals surface area contributed by atoms with E-state index in [1.165, 1.54) is 12.1 Å². The van der Waals surface area contributed by atoms with Gasteiger partial charge in [-0.3, -0.25) is 4.79 Å². The number of ether oxygens (including phenoxy) is 4. The molecular formula is C29H32FNO6. The molecule has 0 radical (unpaired) electrons. The van der Waals surface area contributed by atoms with Gasteiger partial charge in [-0.05, 0) is 61.6 Å². The molecule has 2 aromatic rings. The Morgan fingerprint density at radius 2 is 1.81 bits per heavy atom. The van der Waals surface area contributed by atoms with Crippen LogP contribution < -0.4 is 14.8 Å². The number of Topliss-reactive ketones (excluding diaryl/α,β-unsaturated/α-hetero) is 1. The Bertz CT molecular complexity index is 1250. The molecule has 0 fully saturated rings. The summed E-state index contributed by atoms with van der Waals surface area (Å²) >= 11 is 0. The van der Waals surface area contributed by atoms with Gasteiger partial charge < -0.3 is 24.3 Å². The largest absolute Gasteiger partial charge is 0.493 e. The van der Waals surface area contributed by atoms with Crippen molar-refractivity contribution in [1.29, 1.82) is 0 Å². The van der Waals surface area contributed by atoms with Crippen molar-refractivity contribution < 1.29 is 32.9 Å². The summed E-state index contributed by atoms with van der Waals surface area (Å²) in [5, 5.41) is 3.30. The Morgan fingerprint density at radius 1 is 1.03 bits per heavy atom. The zero-order valence-electron chi connectivity index (χ0n) is 21.6. The van der Waals surface area contributed by atoms with Crippen LogP contribution in [0.2, 0.25) is 0 Å². The smallest absolute Gasteiger partial charge is 0.336 e. The van der Waals surface area contributed by atoms with E-state index < -0.39 is 17.7 Å². The first-order chi connectivity index (χ1) is 17.9. The maximum absolute atomic E-state index is 14.3. The fourth-order valence-electron chi connectivity index (χ4n) is 5.09. The zero-order valence-corrected chi connectivity index (χ0v) is 21.6. The zero-order chi connectivity index (χ0) is 26.5. The van der Waals surface area contributed by atoms with Gasteiger partial charge >= 0.3 is 5.97 Å². The number of allylic oxidation sites excluding steroid dienone is 3. The summed E-state index contributed by atoms with van der Waals surface area (Å²) in [6, 6.07) is 11.7. The number of benzene rings is 2. The van der Waals surface area contributed by atoms with Gasteiger partial charge in [-0.2, -0.15) is 0 Å². The van der Waals surface area contributed by atoms with E-state index in [0.29, 0.717) is 46.9 Å². The molecule has 0 saturated heterocycles. The second-order valence-electron chi connectivity index (χ2n) is 9.02. The number of nitrogens with one attached hydrogen (secondary N) is 1. The summed E-state index contributed by atoms with van der Waals surface area (Å²) in [6.07, 6.45) is 0.792. The van der Waals surface area contributed by atoms with Gasteiger partial charge in [0, 0.05) is 35.9 Å². The highest BCUT2D eigenvalue weighted by Gasteiger charge is 2.41. The van der Waals surface area contributed by atoms with E-state index in [1.54, 1.807) is 33.3 Å². The molecule has 37 heavy (non-hydrogen) atoms. The molecule has 2 aliphatic rings. The number of rotatable bonds is 9. The predicted molar refractivity (Wildman–Crippen MR) is 136 cm³/mol. The lowest BCUT2D eigenvalue weighted by Crippen LogP contribution is -2.36. The second kappa shape index (κ2) is 11.6. The molecule has 0 aromatic heterocycles. The summed E-state index contributed by atoms with van der Waals surface area (Å²) in [4.78, 5) is 26.9. The lowest BCUT2D eigenvalue weighted by atomic mass is 9.71. The summed E-state index contributed by atoms with van der Waals surface area (Å²) in [7, 11) is 3.15. The van der Waals surface area contributed by atoms with E-state index in [-0.39, 0.29) is 31.3 Å². The molecule has 196 valence electrons. The van der Waals surface area contributed by atoms with Crippen molar-refractivity contribution in [3.63, 3.8) is 0 Å². The summed E-state index contributed by atoms with van der Waals surface area (Å²) in [5.74, 6) is -0.720. The van der Waals surface area contributed by atoms with Crippen molar-refractivity contribution in [1.82, 2.24) is 5.32 Å².